The lowest BCUT2D eigenvalue weighted by atomic mass is 10.2. The van der Waals surface area contributed by atoms with E-state index >= 15 is 0 Å². The van der Waals surface area contributed by atoms with Crippen LogP contribution in [-0.4, -0.2) is 17.1 Å². The molecule has 0 radical (unpaired) electrons. The number of carbonyl (C=O) groups is 1. The Bertz CT molecular complexity index is 645. The Kier molecular flexibility index (Phi) is 5.81. The van der Waals surface area contributed by atoms with E-state index in [1.807, 2.05) is 48.5 Å². The van der Waals surface area contributed by atoms with Crippen LogP contribution in [0.2, 0.25) is 5.02 Å². The van der Waals surface area contributed by atoms with Crippen molar-refractivity contribution in [2.24, 2.45) is 0 Å². The second-order valence-electron chi connectivity index (χ2n) is 5.01. The van der Waals surface area contributed by atoms with Crippen molar-refractivity contribution in [1.82, 2.24) is 5.32 Å². The number of hydrogen-bond donors (Lipinski definition) is 2. The van der Waals surface area contributed by atoms with Crippen molar-refractivity contribution in [3.05, 3.63) is 64.7 Å². The molecule has 4 nitrogen and oxygen atoms in total. The largest absolute Gasteiger partial charge is 0.489 e. The van der Waals surface area contributed by atoms with E-state index in [9.17, 15) is 4.79 Å². The number of rotatable bonds is 7. The molecule has 0 saturated heterocycles. The van der Waals surface area contributed by atoms with E-state index in [4.69, 9.17) is 21.4 Å². The summed E-state index contributed by atoms with van der Waals surface area (Å²) in [5, 5.41) is 12.5. The van der Waals surface area contributed by atoms with E-state index < -0.39 is 12.0 Å². The van der Waals surface area contributed by atoms with Gasteiger partial charge in [0.15, 0.2) is 0 Å². The molecule has 0 amide bonds. The van der Waals surface area contributed by atoms with Crippen molar-refractivity contribution in [3.8, 4) is 5.75 Å². The summed E-state index contributed by atoms with van der Waals surface area (Å²) in [6, 6.07) is 14.5. The summed E-state index contributed by atoms with van der Waals surface area (Å²) >= 11 is 5.94. The lowest BCUT2D eigenvalue weighted by molar-refractivity contribution is -0.139. The highest BCUT2D eigenvalue weighted by molar-refractivity contribution is 6.30. The van der Waals surface area contributed by atoms with Gasteiger partial charge in [-0.05, 0) is 42.3 Å². The fourth-order valence-corrected chi connectivity index (χ4v) is 2.11. The Labute approximate surface area is 134 Å². The zero-order chi connectivity index (χ0) is 15.9. The zero-order valence-electron chi connectivity index (χ0n) is 12.3. The average molecular weight is 320 g/mol. The van der Waals surface area contributed by atoms with Gasteiger partial charge in [0.25, 0.3) is 0 Å². The molecule has 2 aromatic carbocycles. The first-order valence-electron chi connectivity index (χ1n) is 6.97. The monoisotopic (exact) mass is 319 g/mol. The molecule has 0 aliphatic carbocycles. The van der Waals surface area contributed by atoms with Gasteiger partial charge >= 0.3 is 5.97 Å². The van der Waals surface area contributed by atoms with Crippen LogP contribution in [0, 0.1) is 0 Å². The SMILES string of the molecule is CC(NCc1cccc(OCc2cccc(Cl)c2)c1)C(=O)O. The molecule has 0 spiro atoms. The maximum absolute atomic E-state index is 10.8. The molecule has 1 unspecified atom stereocenters. The van der Waals surface area contributed by atoms with Gasteiger partial charge in [0.2, 0.25) is 0 Å². The predicted molar refractivity (Wildman–Crippen MR) is 86.2 cm³/mol. The van der Waals surface area contributed by atoms with Gasteiger partial charge in [-0.25, -0.2) is 0 Å². The first-order valence-corrected chi connectivity index (χ1v) is 7.35. The Balaban J connectivity index is 1.92. The van der Waals surface area contributed by atoms with Gasteiger partial charge in [0.1, 0.15) is 18.4 Å². The van der Waals surface area contributed by atoms with Crippen molar-refractivity contribution in [2.75, 3.05) is 0 Å². The van der Waals surface area contributed by atoms with Crippen LogP contribution in [-0.2, 0) is 17.9 Å². The molecule has 2 N–H and O–H groups in total. The standard InChI is InChI=1S/C17H18ClNO3/c1-12(17(20)21)19-10-13-4-3-7-16(9-13)22-11-14-5-2-6-15(18)8-14/h2-9,12,19H,10-11H2,1H3,(H,20,21). The topological polar surface area (TPSA) is 58.6 Å². The normalized spacial score (nSPS) is 11.9. The molecular formula is C17H18ClNO3. The molecule has 0 saturated carbocycles. The molecule has 1 atom stereocenters. The number of halogens is 1. The summed E-state index contributed by atoms with van der Waals surface area (Å²) in [6.45, 7) is 2.52. The van der Waals surface area contributed by atoms with Crippen molar-refractivity contribution in [3.63, 3.8) is 0 Å². The summed E-state index contributed by atoms with van der Waals surface area (Å²) in [5.74, 6) is -0.129. The van der Waals surface area contributed by atoms with Crippen LogP contribution in [0.5, 0.6) is 5.75 Å². The highest BCUT2D eigenvalue weighted by atomic mass is 35.5. The third-order valence-electron chi connectivity index (χ3n) is 3.18. The zero-order valence-corrected chi connectivity index (χ0v) is 13.0. The molecule has 2 rings (SSSR count). The number of hydrogen-bond acceptors (Lipinski definition) is 3. The highest BCUT2D eigenvalue weighted by Crippen LogP contribution is 2.17. The highest BCUT2D eigenvalue weighted by Gasteiger charge is 2.09. The van der Waals surface area contributed by atoms with Gasteiger partial charge in [0.05, 0.1) is 0 Å². The number of benzene rings is 2. The van der Waals surface area contributed by atoms with E-state index in [1.54, 1.807) is 6.92 Å². The molecule has 116 valence electrons. The molecule has 0 aromatic heterocycles. The maximum atomic E-state index is 10.8. The Morgan fingerprint density at radius 3 is 2.68 bits per heavy atom. The Hall–Kier alpha value is -2.04. The summed E-state index contributed by atoms with van der Waals surface area (Å²) in [4.78, 5) is 10.8. The summed E-state index contributed by atoms with van der Waals surface area (Å²) in [6.07, 6.45) is 0. The molecule has 5 heteroatoms. The number of ether oxygens (including phenoxy) is 1. The fourth-order valence-electron chi connectivity index (χ4n) is 1.90. The Morgan fingerprint density at radius 2 is 1.95 bits per heavy atom. The van der Waals surface area contributed by atoms with Crippen molar-refractivity contribution >= 4 is 17.6 Å². The molecule has 0 aliphatic rings. The first-order chi connectivity index (χ1) is 10.5. The number of aliphatic carboxylic acids is 1. The van der Waals surface area contributed by atoms with Crippen LogP contribution in [0.25, 0.3) is 0 Å². The first kappa shape index (κ1) is 16.3. The van der Waals surface area contributed by atoms with Crippen LogP contribution < -0.4 is 10.1 Å². The van der Waals surface area contributed by atoms with Gasteiger partial charge in [-0.2, -0.15) is 0 Å². The molecule has 2 aromatic rings. The van der Waals surface area contributed by atoms with Crippen molar-refractivity contribution in [2.45, 2.75) is 26.1 Å². The Morgan fingerprint density at radius 1 is 1.23 bits per heavy atom. The summed E-state index contributed by atoms with van der Waals surface area (Å²) in [7, 11) is 0. The summed E-state index contributed by atoms with van der Waals surface area (Å²) in [5.41, 5.74) is 1.97. The van der Waals surface area contributed by atoms with Crippen LogP contribution in [0.3, 0.4) is 0 Å². The van der Waals surface area contributed by atoms with Gasteiger partial charge < -0.3 is 15.2 Å². The number of carboxylic acids is 1. The van der Waals surface area contributed by atoms with Gasteiger partial charge in [-0.1, -0.05) is 35.9 Å². The van der Waals surface area contributed by atoms with Gasteiger partial charge in [-0.3, -0.25) is 4.79 Å². The summed E-state index contributed by atoms with van der Waals surface area (Å²) < 4.78 is 5.74. The van der Waals surface area contributed by atoms with Crippen LogP contribution >= 0.6 is 11.6 Å². The second kappa shape index (κ2) is 7.82. The lowest BCUT2D eigenvalue weighted by Gasteiger charge is -2.11. The van der Waals surface area contributed by atoms with E-state index in [1.165, 1.54) is 0 Å². The second-order valence-corrected chi connectivity index (χ2v) is 5.44. The van der Waals surface area contributed by atoms with Crippen molar-refractivity contribution < 1.29 is 14.6 Å². The molecular weight excluding hydrogens is 302 g/mol. The maximum Gasteiger partial charge on any atom is 0.320 e. The third-order valence-corrected chi connectivity index (χ3v) is 3.41. The minimum absolute atomic E-state index is 0.434. The van der Waals surface area contributed by atoms with E-state index in [0.717, 1.165) is 16.9 Å². The van der Waals surface area contributed by atoms with E-state index in [0.29, 0.717) is 18.2 Å². The van der Waals surface area contributed by atoms with E-state index in [2.05, 4.69) is 5.32 Å². The molecule has 0 aliphatic heterocycles. The van der Waals surface area contributed by atoms with Crippen LogP contribution in [0.1, 0.15) is 18.1 Å². The third kappa shape index (κ3) is 5.06. The van der Waals surface area contributed by atoms with Crippen LogP contribution in [0.4, 0.5) is 0 Å². The lowest BCUT2D eigenvalue weighted by Crippen LogP contribution is -2.33. The molecule has 0 heterocycles. The van der Waals surface area contributed by atoms with Crippen LogP contribution in [0.15, 0.2) is 48.5 Å². The quantitative estimate of drug-likeness (QED) is 0.820. The predicted octanol–water partition coefficient (Wildman–Crippen LogP) is 3.48. The molecule has 0 bridgehead atoms. The average Bonchev–Trinajstić information content (AvgIpc) is 2.51. The van der Waals surface area contributed by atoms with E-state index in [-0.39, 0.29) is 0 Å². The molecule has 0 fully saturated rings. The number of carboxylic acid groups (broad SMARTS) is 1. The number of nitrogens with one attached hydrogen (secondary N) is 1. The van der Waals surface area contributed by atoms with Gasteiger partial charge in [0, 0.05) is 11.6 Å². The minimum Gasteiger partial charge on any atom is -0.489 e. The fraction of sp³-hybridized carbons (Fsp3) is 0.235. The molecule has 22 heavy (non-hydrogen) atoms. The smallest absolute Gasteiger partial charge is 0.320 e. The minimum atomic E-state index is -0.867. The van der Waals surface area contributed by atoms with Crippen molar-refractivity contribution in [1.29, 1.82) is 0 Å². The van der Waals surface area contributed by atoms with Gasteiger partial charge in [-0.15, -0.1) is 0 Å².